The normalized spacial score (nSPS) is 11.1. The number of nitrogens with zero attached hydrogens (tertiary/aromatic N) is 1. The van der Waals surface area contributed by atoms with Crippen molar-refractivity contribution in [3.05, 3.63) is 64.0 Å². The lowest BCUT2D eigenvalue weighted by molar-refractivity contribution is 0.622. The first kappa shape index (κ1) is 11.8. The van der Waals surface area contributed by atoms with E-state index >= 15 is 0 Å². The molecular formula is C14H8BrClFN. The summed E-state index contributed by atoms with van der Waals surface area (Å²) in [4.78, 5) is 0. The van der Waals surface area contributed by atoms with Crippen molar-refractivity contribution in [2.45, 2.75) is 0 Å². The summed E-state index contributed by atoms with van der Waals surface area (Å²) in [5.41, 5.74) is 1.79. The van der Waals surface area contributed by atoms with Crippen molar-refractivity contribution in [3.63, 3.8) is 0 Å². The van der Waals surface area contributed by atoms with Gasteiger partial charge in [0.15, 0.2) is 0 Å². The van der Waals surface area contributed by atoms with Gasteiger partial charge >= 0.3 is 0 Å². The van der Waals surface area contributed by atoms with Gasteiger partial charge in [-0.2, -0.15) is 0 Å². The minimum absolute atomic E-state index is 0.267. The number of rotatable bonds is 1. The van der Waals surface area contributed by atoms with Crippen LogP contribution in [0.3, 0.4) is 0 Å². The highest BCUT2D eigenvalue weighted by Crippen LogP contribution is 2.26. The van der Waals surface area contributed by atoms with Gasteiger partial charge in [-0.25, -0.2) is 4.39 Å². The van der Waals surface area contributed by atoms with Gasteiger partial charge in [-0.15, -0.1) is 0 Å². The lowest BCUT2D eigenvalue weighted by Gasteiger charge is -2.06. The number of hydrogen-bond donors (Lipinski definition) is 0. The van der Waals surface area contributed by atoms with Gasteiger partial charge in [0, 0.05) is 22.3 Å². The van der Waals surface area contributed by atoms with Crippen LogP contribution in [0.25, 0.3) is 16.6 Å². The first-order valence-corrected chi connectivity index (χ1v) is 6.54. The molecule has 0 aliphatic heterocycles. The van der Waals surface area contributed by atoms with Gasteiger partial charge < -0.3 is 4.57 Å². The van der Waals surface area contributed by atoms with Gasteiger partial charge in [-0.1, -0.05) is 11.6 Å². The summed E-state index contributed by atoms with van der Waals surface area (Å²) in [7, 11) is 0. The molecule has 1 heterocycles. The van der Waals surface area contributed by atoms with E-state index in [1.807, 2.05) is 41.1 Å². The van der Waals surface area contributed by atoms with E-state index in [2.05, 4.69) is 15.9 Å². The van der Waals surface area contributed by atoms with Crippen LogP contribution in [-0.2, 0) is 0 Å². The lowest BCUT2D eigenvalue weighted by atomic mass is 10.2. The molecule has 0 unspecified atom stereocenters. The maximum atomic E-state index is 13.6. The van der Waals surface area contributed by atoms with Crippen LogP contribution in [0.1, 0.15) is 0 Å². The Kier molecular flexibility index (Phi) is 2.88. The van der Waals surface area contributed by atoms with Crippen molar-refractivity contribution in [1.29, 1.82) is 0 Å². The topological polar surface area (TPSA) is 4.93 Å². The second kappa shape index (κ2) is 4.41. The Morgan fingerprint density at radius 3 is 2.50 bits per heavy atom. The van der Waals surface area contributed by atoms with Gasteiger partial charge in [0.2, 0.25) is 0 Å². The summed E-state index contributed by atoms with van der Waals surface area (Å²) in [5, 5.41) is 1.67. The average molecular weight is 325 g/mol. The minimum atomic E-state index is -0.267. The zero-order valence-corrected chi connectivity index (χ0v) is 11.5. The van der Waals surface area contributed by atoms with Gasteiger partial charge in [0.05, 0.1) is 9.99 Å². The van der Waals surface area contributed by atoms with Gasteiger partial charge in [0.25, 0.3) is 0 Å². The molecule has 0 bridgehead atoms. The van der Waals surface area contributed by atoms with E-state index < -0.39 is 0 Å². The SMILES string of the molecule is Fc1cc2c(ccn2-c2ccc(Cl)cc2)cc1Br. The summed E-state index contributed by atoms with van der Waals surface area (Å²) in [6.45, 7) is 0. The molecule has 0 spiro atoms. The van der Waals surface area contributed by atoms with Crippen molar-refractivity contribution in [2.24, 2.45) is 0 Å². The Morgan fingerprint density at radius 2 is 1.78 bits per heavy atom. The molecule has 90 valence electrons. The van der Waals surface area contributed by atoms with Crippen molar-refractivity contribution in [2.75, 3.05) is 0 Å². The Labute approximate surface area is 117 Å². The molecule has 1 aromatic heterocycles. The molecular weight excluding hydrogens is 317 g/mol. The van der Waals surface area contributed by atoms with E-state index in [4.69, 9.17) is 11.6 Å². The maximum Gasteiger partial charge on any atom is 0.139 e. The van der Waals surface area contributed by atoms with Crippen LogP contribution in [0, 0.1) is 5.82 Å². The van der Waals surface area contributed by atoms with Gasteiger partial charge in [-0.3, -0.25) is 0 Å². The van der Waals surface area contributed by atoms with Gasteiger partial charge in [-0.05, 0) is 58.4 Å². The first-order valence-electron chi connectivity index (χ1n) is 5.37. The summed E-state index contributed by atoms with van der Waals surface area (Å²) < 4.78 is 16.0. The van der Waals surface area contributed by atoms with Crippen LogP contribution in [0.2, 0.25) is 5.02 Å². The second-order valence-electron chi connectivity index (χ2n) is 3.99. The first-order chi connectivity index (χ1) is 8.65. The fourth-order valence-corrected chi connectivity index (χ4v) is 2.44. The summed E-state index contributed by atoms with van der Waals surface area (Å²) in [6, 6.07) is 12.7. The number of hydrogen-bond acceptors (Lipinski definition) is 0. The largest absolute Gasteiger partial charge is 0.316 e. The molecule has 2 aromatic carbocycles. The molecule has 18 heavy (non-hydrogen) atoms. The Hall–Kier alpha value is -1.32. The average Bonchev–Trinajstić information content (AvgIpc) is 2.74. The summed E-state index contributed by atoms with van der Waals surface area (Å²) in [6.07, 6.45) is 1.92. The predicted molar refractivity (Wildman–Crippen MR) is 75.9 cm³/mol. The molecule has 0 aliphatic carbocycles. The highest BCUT2D eigenvalue weighted by atomic mass is 79.9. The fraction of sp³-hybridized carbons (Fsp3) is 0. The van der Waals surface area contributed by atoms with Crippen LogP contribution in [0.4, 0.5) is 4.39 Å². The molecule has 3 rings (SSSR count). The third-order valence-electron chi connectivity index (χ3n) is 2.84. The molecule has 0 fully saturated rings. The van der Waals surface area contributed by atoms with Crippen molar-refractivity contribution < 1.29 is 4.39 Å². The molecule has 0 saturated heterocycles. The monoisotopic (exact) mass is 323 g/mol. The molecule has 0 radical (unpaired) electrons. The zero-order valence-electron chi connectivity index (χ0n) is 9.20. The number of benzene rings is 2. The molecule has 0 N–H and O–H groups in total. The highest BCUT2D eigenvalue weighted by Gasteiger charge is 2.07. The number of aromatic nitrogens is 1. The lowest BCUT2D eigenvalue weighted by Crippen LogP contribution is -1.91. The third-order valence-corrected chi connectivity index (χ3v) is 3.70. The molecule has 1 nitrogen and oxygen atoms in total. The van der Waals surface area contributed by atoms with Gasteiger partial charge in [0.1, 0.15) is 5.82 Å². The van der Waals surface area contributed by atoms with Crippen LogP contribution in [-0.4, -0.2) is 4.57 Å². The third kappa shape index (κ3) is 1.93. The van der Waals surface area contributed by atoms with Crippen molar-refractivity contribution in [1.82, 2.24) is 4.57 Å². The molecule has 0 aliphatic rings. The van der Waals surface area contributed by atoms with Crippen molar-refractivity contribution in [3.8, 4) is 5.69 Å². The van der Waals surface area contributed by atoms with Crippen LogP contribution >= 0.6 is 27.5 Å². The summed E-state index contributed by atoms with van der Waals surface area (Å²) in [5.74, 6) is -0.267. The van der Waals surface area contributed by atoms with Crippen molar-refractivity contribution >= 4 is 38.4 Å². The van der Waals surface area contributed by atoms with E-state index in [-0.39, 0.29) is 5.82 Å². The van der Waals surface area contributed by atoms with E-state index in [1.54, 1.807) is 6.07 Å². The standard InChI is InChI=1S/C14H8BrClFN/c15-12-7-9-5-6-18(14(9)8-13(12)17)11-3-1-10(16)2-4-11/h1-8H. The van der Waals surface area contributed by atoms with E-state index in [0.717, 1.165) is 16.6 Å². The number of halogens is 3. The summed E-state index contributed by atoms with van der Waals surface area (Å²) >= 11 is 9.05. The maximum absolute atomic E-state index is 13.6. The Morgan fingerprint density at radius 1 is 1.06 bits per heavy atom. The highest BCUT2D eigenvalue weighted by molar-refractivity contribution is 9.10. The Bertz CT molecular complexity index is 718. The molecule has 0 amide bonds. The Balaban J connectivity index is 2.23. The molecule has 4 heteroatoms. The van der Waals surface area contributed by atoms with E-state index in [1.165, 1.54) is 6.07 Å². The second-order valence-corrected chi connectivity index (χ2v) is 5.28. The minimum Gasteiger partial charge on any atom is -0.316 e. The van der Waals surface area contributed by atoms with E-state index in [9.17, 15) is 4.39 Å². The molecule has 3 aromatic rings. The fourth-order valence-electron chi connectivity index (χ4n) is 1.96. The van der Waals surface area contributed by atoms with Crippen LogP contribution < -0.4 is 0 Å². The predicted octanol–water partition coefficient (Wildman–Crippen LogP) is 5.19. The van der Waals surface area contributed by atoms with Crippen LogP contribution in [0.5, 0.6) is 0 Å². The zero-order chi connectivity index (χ0) is 12.7. The smallest absolute Gasteiger partial charge is 0.139 e. The number of fused-ring (bicyclic) bond motifs is 1. The van der Waals surface area contributed by atoms with E-state index in [0.29, 0.717) is 9.50 Å². The van der Waals surface area contributed by atoms with Crippen LogP contribution in [0.15, 0.2) is 53.1 Å². The quantitative estimate of drug-likeness (QED) is 0.581. The molecule has 0 saturated carbocycles. The molecule has 0 atom stereocenters.